The molecule has 0 aromatic rings. The van der Waals surface area contributed by atoms with Gasteiger partial charge in [-0.05, 0) is 13.8 Å². The standard InChI is InChI=1S/C7H14N2O2/c1-3-8-6(10)5-7(11)9-4-2/h3-5H2,1-2H3,(H,8,10)(H,9,11). The van der Waals surface area contributed by atoms with E-state index in [-0.39, 0.29) is 18.2 Å². The first-order valence-corrected chi connectivity index (χ1v) is 3.74. The van der Waals surface area contributed by atoms with Gasteiger partial charge in [0.25, 0.3) is 0 Å². The second kappa shape index (κ2) is 5.70. The number of amides is 2. The molecule has 4 heteroatoms. The molecule has 11 heavy (non-hydrogen) atoms. The fourth-order valence-electron chi connectivity index (χ4n) is 0.665. The Labute approximate surface area is 66.4 Å². The van der Waals surface area contributed by atoms with Gasteiger partial charge in [0.15, 0.2) is 0 Å². The molecular formula is C7H14N2O2. The van der Waals surface area contributed by atoms with Crippen molar-refractivity contribution in [2.24, 2.45) is 0 Å². The Balaban J connectivity index is 3.49. The molecule has 64 valence electrons. The number of rotatable bonds is 4. The lowest BCUT2D eigenvalue weighted by Gasteiger charge is -2.01. The van der Waals surface area contributed by atoms with Crippen LogP contribution in [0.3, 0.4) is 0 Å². The third kappa shape index (κ3) is 5.39. The fourth-order valence-corrected chi connectivity index (χ4v) is 0.665. The van der Waals surface area contributed by atoms with Crippen LogP contribution in [-0.4, -0.2) is 24.9 Å². The number of hydrogen-bond donors (Lipinski definition) is 2. The van der Waals surface area contributed by atoms with Crippen molar-refractivity contribution in [2.75, 3.05) is 13.1 Å². The number of hydrogen-bond acceptors (Lipinski definition) is 2. The van der Waals surface area contributed by atoms with E-state index in [0.717, 1.165) is 0 Å². The fraction of sp³-hybridized carbons (Fsp3) is 0.714. The van der Waals surface area contributed by atoms with Crippen molar-refractivity contribution in [3.05, 3.63) is 0 Å². The molecule has 2 N–H and O–H groups in total. The Bertz CT molecular complexity index is 129. The molecule has 0 unspecified atom stereocenters. The Morgan fingerprint density at radius 3 is 1.64 bits per heavy atom. The van der Waals surface area contributed by atoms with Crippen molar-refractivity contribution in [2.45, 2.75) is 20.3 Å². The number of carbonyl (C=O) groups excluding carboxylic acids is 2. The van der Waals surface area contributed by atoms with E-state index in [0.29, 0.717) is 13.1 Å². The zero-order valence-corrected chi connectivity index (χ0v) is 6.94. The predicted octanol–water partition coefficient (Wildman–Crippen LogP) is -0.351. The Hall–Kier alpha value is -1.06. The maximum atomic E-state index is 10.8. The highest BCUT2D eigenvalue weighted by Crippen LogP contribution is 1.78. The molecule has 2 amide bonds. The van der Waals surface area contributed by atoms with Gasteiger partial charge in [0.2, 0.25) is 11.8 Å². The summed E-state index contributed by atoms with van der Waals surface area (Å²) in [5.41, 5.74) is 0. The van der Waals surface area contributed by atoms with Gasteiger partial charge >= 0.3 is 0 Å². The van der Waals surface area contributed by atoms with Crippen LogP contribution >= 0.6 is 0 Å². The molecule has 0 spiro atoms. The summed E-state index contributed by atoms with van der Waals surface area (Å²) >= 11 is 0. The monoisotopic (exact) mass is 158 g/mol. The minimum Gasteiger partial charge on any atom is -0.356 e. The van der Waals surface area contributed by atoms with Gasteiger partial charge in [-0.25, -0.2) is 0 Å². The second-order valence-electron chi connectivity index (χ2n) is 2.08. The van der Waals surface area contributed by atoms with E-state index in [4.69, 9.17) is 0 Å². The summed E-state index contributed by atoms with van der Waals surface area (Å²) in [6, 6.07) is 0. The third-order valence-electron chi connectivity index (χ3n) is 1.07. The quantitative estimate of drug-likeness (QED) is 0.549. The molecule has 0 bridgehead atoms. The van der Waals surface area contributed by atoms with Crippen molar-refractivity contribution in [3.63, 3.8) is 0 Å². The van der Waals surface area contributed by atoms with Crippen LogP contribution in [0.4, 0.5) is 0 Å². The first kappa shape index (κ1) is 9.94. The average Bonchev–Trinajstić information content (AvgIpc) is 1.87. The largest absolute Gasteiger partial charge is 0.356 e. The molecule has 0 heterocycles. The van der Waals surface area contributed by atoms with E-state index < -0.39 is 0 Å². The molecule has 0 aromatic heterocycles. The summed E-state index contributed by atoms with van der Waals surface area (Å²) in [7, 11) is 0. The smallest absolute Gasteiger partial charge is 0.229 e. The highest BCUT2D eigenvalue weighted by molar-refractivity contribution is 5.96. The Morgan fingerprint density at radius 1 is 1.00 bits per heavy atom. The molecule has 0 saturated heterocycles. The molecule has 0 saturated carbocycles. The molecule has 0 aliphatic rings. The summed E-state index contributed by atoms with van der Waals surface area (Å²) in [4.78, 5) is 21.5. The lowest BCUT2D eigenvalue weighted by atomic mass is 10.4. The summed E-state index contributed by atoms with van der Waals surface area (Å²) in [5.74, 6) is -0.447. The van der Waals surface area contributed by atoms with Gasteiger partial charge in [-0.3, -0.25) is 9.59 Å². The van der Waals surface area contributed by atoms with Crippen LogP contribution in [0.1, 0.15) is 20.3 Å². The molecule has 0 fully saturated rings. The van der Waals surface area contributed by atoms with Gasteiger partial charge in [-0.2, -0.15) is 0 Å². The van der Waals surface area contributed by atoms with Gasteiger partial charge in [0.1, 0.15) is 6.42 Å². The third-order valence-corrected chi connectivity index (χ3v) is 1.07. The van der Waals surface area contributed by atoms with E-state index in [1.165, 1.54) is 0 Å². The zero-order valence-electron chi connectivity index (χ0n) is 6.94. The van der Waals surface area contributed by atoms with Crippen LogP contribution < -0.4 is 10.6 Å². The van der Waals surface area contributed by atoms with Gasteiger partial charge in [0.05, 0.1) is 0 Å². The Kier molecular flexibility index (Phi) is 5.15. The minimum absolute atomic E-state index is 0.0678. The predicted molar refractivity (Wildman–Crippen MR) is 42.0 cm³/mol. The molecule has 0 aliphatic heterocycles. The maximum Gasteiger partial charge on any atom is 0.229 e. The summed E-state index contributed by atoms with van der Waals surface area (Å²) in [5, 5.41) is 5.07. The van der Waals surface area contributed by atoms with E-state index in [1.807, 2.05) is 13.8 Å². The summed E-state index contributed by atoms with van der Waals surface area (Å²) < 4.78 is 0. The summed E-state index contributed by atoms with van der Waals surface area (Å²) in [6.45, 7) is 4.77. The lowest BCUT2D eigenvalue weighted by Crippen LogP contribution is -2.31. The van der Waals surface area contributed by atoms with E-state index >= 15 is 0 Å². The zero-order chi connectivity index (χ0) is 8.69. The lowest BCUT2D eigenvalue weighted by molar-refractivity contribution is -0.129. The van der Waals surface area contributed by atoms with Crippen LogP contribution in [0.25, 0.3) is 0 Å². The van der Waals surface area contributed by atoms with E-state index in [1.54, 1.807) is 0 Å². The highest BCUT2D eigenvalue weighted by Gasteiger charge is 2.05. The number of nitrogens with one attached hydrogen (secondary N) is 2. The summed E-state index contributed by atoms with van der Waals surface area (Å²) in [6.07, 6.45) is -0.0678. The van der Waals surface area contributed by atoms with Gasteiger partial charge in [-0.15, -0.1) is 0 Å². The minimum atomic E-state index is -0.224. The molecule has 0 radical (unpaired) electrons. The van der Waals surface area contributed by atoms with Crippen molar-refractivity contribution >= 4 is 11.8 Å². The van der Waals surface area contributed by atoms with Gasteiger partial charge in [-0.1, -0.05) is 0 Å². The molecule has 4 nitrogen and oxygen atoms in total. The second-order valence-corrected chi connectivity index (χ2v) is 2.08. The van der Waals surface area contributed by atoms with E-state index in [9.17, 15) is 9.59 Å². The van der Waals surface area contributed by atoms with Crippen LogP contribution in [-0.2, 0) is 9.59 Å². The van der Waals surface area contributed by atoms with Crippen molar-refractivity contribution in [3.8, 4) is 0 Å². The van der Waals surface area contributed by atoms with Crippen molar-refractivity contribution in [1.29, 1.82) is 0 Å². The van der Waals surface area contributed by atoms with Crippen molar-refractivity contribution < 1.29 is 9.59 Å². The van der Waals surface area contributed by atoms with Gasteiger partial charge < -0.3 is 10.6 Å². The first-order chi connectivity index (χ1) is 5.20. The van der Waals surface area contributed by atoms with Crippen LogP contribution in [0, 0.1) is 0 Å². The topological polar surface area (TPSA) is 58.2 Å². The SMILES string of the molecule is CCNC(=O)CC(=O)NCC. The van der Waals surface area contributed by atoms with Gasteiger partial charge in [0, 0.05) is 13.1 Å². The molecule has 0 rings (SSSR count). The average molecular weight is 158 g/mol. The van der Waals surface area contributed by atoms with E-state index in [2.05, 4.69) is 10.6 Å². The van der Waals surface area contributed by atoms with Crippen LogP contribution in [0.5, 0.6) is 0 Å². The van der Waals surface area contributed by atoms with Crippen LogP contribution in [0.15, 0.2) is 0 Å². The molecule has 0 aliphatic carbocycles. The molecule has 0 aromatic carbocycles. The number of carbonyl (C=O) groups is 2. The molecule has 0 atom stereocenters. The molecular weight excluding hydrogens is 144 g/mol. The van der Waals surface area contributed by atoms with Crippen LogP contribution in [0.2, 0.25) is 0 Å². The maximum absolute atomic E-state index is 10.8. The van der Waals surface area contributed by atoms with Crippen molar-refractivity contribution in [1.82, 2.24) is 10.6 Å². The normalized spacial score (nSPS) is 8.91. The Morgan fingerprint density at radius 2 is 1.36 bits per heavy atom. The first-order valence-electron chi connectivity index (χ1n) is 3.74. The highest BCUT2D eigenvalue weighted by atomic mass is 16.2.